The van der Waals surface area contributed by atoms with Gasteiger partial charge in [0.2, 0.25) is 0 Å². The molecule has 0 saturated heterocycles. The van der Waals surface area contributed by atoms with Crippen LogP contribution in [0.15, 0.2) is 82.9 Å². The molecule has 3 aromatic heterocycles. The monoisotopic (exact) mass is 642 g/mol. The first kappa shape index (κ1) is 27.9. The molecular formula is C27H23BrN4O6S2. The fourth-order valence-electron chi connectivity index (χ4n) is 4.19. The number of rotatable bonds is 8. The number of fused-ring (bicyclic) bond motifs is 1. The van der Waals surface area contributed by atoms with Gasteiger partial charge in [-0.15, -0.1) is 0 Å². The molecule has 0 aliphatic carbocycles. The highest BCUT2D eigenvalue weighted by atomic mass is 79.9. The van der Waals surface area contributed by atoms with Gasteiger partial charge in [-0.3, -0.25) is 9.36 Å². The number of furan rings is 1. The van der Waals surface area contributed by atoms with E-state index in [4.69, 9.17) is 18.6 Å². The van der Waals surface area contributed by atoms with E-state index in [-0.39, 0.29) is 17.7 Å². The fraction of sp³-hybridized carbons (Fsp3) is 0.222. The number of ether oxygens (including phenoxy) is 3. The molecule has 5 rings (SSSR count). The van der Waals surface area contributed by atoms with Crippen molar-refractivity contribution in [3.8, 4) is 11.5 Å². The standard InChI is InChI=1S/C27H23BrN4O6S2/c1-5-37-24(34)21-14(2)31-27-32(22(21)17-8-7-15(35-3)12-19(17)36-4)23(33)20(39-27)13-16-11-18(28)25(38-16)40-26-29-9-6-10-30-26/h6-13,22H,5H2,1-4H3/b20-13+/t22-/m1/s1. The maximum atomic E-state index is 13.9. The zero-order chi connectivity index (χ0) is 28.4. The van der Waals surface area contributed by atoms with Crippen LogP contribution >= 0.6 is 39.0 Å². The lowest BCUT2D eigenvalue weighted by molar-refractivity contribution is -0.139. The summed E-state index contributed by atoms with van der Waals surface area (Å²) >= 11 is 5.96. The first-order chi connectivity index (χ1) is 19.3. The van der Waals surface area contributed by atoms with Crippen LogP contribution in [-0.2, 0) is 9.53 Å². The van der Waals surface area contributed by atoms with Crippen molar-refractivity contribution < 1.29 is 23.4 Å². The Hall–Kier alpha value is -3.68. The summed E-state index contributed by atoms with van der Waals surface area (Å²) in [5.74, 6) is 0.927. The summed E-state index contributed by atoms with van der Waals surface area (Å²) in [6.45, 7) is 3.63. The van der Waals surface area contributed by atoms with Crippen molar-refractivity contribution in [2.24, 2.45) is 4.99 Å². The molecule has 0 unspecified atom stereocenters. The van der Waals surface area contributed by atoms with Gasteiger partial charge in [-0.2, -0.15) is 0 Å². The molecule has 1 aliphatic rings. The molecule has 1 aliphatic heterocycles. The average molecular weight is 644 g/mol. The molecule has 0 amide bonds. The molecule has 0 spiro atoms. The molecule has 10 nitrogen and oxygen atoms in total. The molecule has 0 N–H and O–H groups in total. The highest BCUT2D eigenvalue weighted by Crippen LogP contribution is 2.38. The van der Waals surface area contributed by atoms with E-state index in [0.717, 1.165) is 0 Å². The van der Waals surface area contributed by atoms with Gasteiger partial charge < -0.3 is 18.6 Å². The van der Waals surface area contributed by atoms with E-state index in [0.29, 0.717) is 52.6 Å². The van der Waals surface area contributed by atoms with Gasteiger partial charge in [0.25, 0.3) is 5.56 Å². The Labute approximate surface area is 245 Å². The van der Waals surface area contributed by atoms with Crippen molar-refractivity contribution in [1.29, 1.82) is 0 Å². The quantitative estimate of drug-likeness (QED) is 0.207. The minimum absolute atomic E-state index is 0.175. The molecule has 1 aromatic carbocycles. The lowest BCUT2D eigenvalue weighted by Crippen LogP contribution is -2.40. The molecule has 0 radical (unpaired) electrons. The summed E-state index contributed by atoms with van der Waals surface area (Å²) in [7, 11) is 3.07. The van der Waals surface area contributed by atoms with E-state index in [1.165, 1.54) is 34.8 Å². The minimum Gasteiger partial charge on any atom is -0.497 e. The maximum absolute atomic E-state index is 13.9. The van der Waals surface area contributed by atoms with Crippen LogP contribution in [0, 0.1) is 0 Å². The third kappa shape index (κ3) is 5.36. The third-order valence-electron chi connectivity index (χ3n) is 5.93. The van der Waals surface area contributed by atoms with Crippen LogP contribution in [-0.4, -0.2) is 41.3 Å². The summed E-state index contributed by atoms with van der Waals surface area (Å²) in [6, 6.07) is 7.90. The van der Waals surface area contributed by atoms with Gasteiger partial charge in [0.1, 0.15) is 23.3 Å². The lowest BCUT2D eigenvalue weighted by atomic mass is 9.95. The molecule has 1 atom stereocenters. The number of halogens is 1. The zero-order valence-corrected chi connectivity index (χ0v) is 25.1. The number of aromatic nitrogens is 3. The van der Waals surface area contributed by atoms with Gasteiger partial charge in [-0.05, 0) is 65.8 Å². The number of allylic oxidation sites excluding steroid dienone is 1. The van der Waals surface area contributed by atoms with Crippen LogP contribution in [0.1, 0.15) is 31.2 Å². The van der Waals surface area contributed by atoms with Crippen molar-refractivity contribution in [2.75, 3.05) is 20.8 Å². The lowest BCUT2D eigenvalue weighted by Gasteiger charge is -2.26. The van der Waals surface area contributed by atoms with Crippen LogP contribution in [0.2, 0.25) is 0 Å². The first-order valence-corrected chi connectivity index (χ1v) is 14.4. The third-order valence-corrected chi connectivity index (χ3v) is 8.64. The predicted molar refractivity (Wildman–Crippen MR) is 153 cm³/mol. The smallest absolute Gasteiger partial charge is 0.338 e. The second-order valence-electron chi connectivity index (χ2n) is 8.33. The number of esters is 1. The molecule has 206 valence electrons. The number of thiazole rings is 1. The molecular weight excluding hydrogens is 620 g/mol. The number of methoxy groups -OCH3 is 2. The molecule has 0 bridgehead atoms. The van der Waals surface area contributed by atoms with Crippen molar-refractivity contribution in [1.82, 2.24) is 14.5 Å². The minimum atomic E-state index is -0.831. The number of benzene rings is 1. The molecule has 4 heterocycles. The van der Waals surface area contributed by atoms with E-state index in [9.17, 15) is 9.59 Å². The van der Waals surface area contributed by atoms with Gasteiger partial charge >= 0.3 is 5.97 Å². The Balaban J connectivity index is 1.65. The van der Waals surface area contributed by atoms with Crippen molar-refractivity contribution in [3.05, 3.63) is 89.5 Å². The van der Waals surface area contributed by atoms with E-state index < -0.39 is 12.0 Å². The zero-order valence-electron chi connectivity index (χ0n) is 21.8. The SMILES string of the molecule is CCOC(=O)C1=C(C)N=c2s/c(=C/c3cc(Br)c(Sc4ncccn4)o3)c(=O)n2[C@@H]1c1ccc(OC)cc1OC. The van der Waals surface area contributed by atoms with Crippen LogP contribution in [0.3, 0.4) is 0 Å². The van der Waals surface area contributed by atoms with Gasteiger partial charge in [0, 0.05) is 30.1 Å². The normalized spacial score (nSPS) is 15.0. The Morgan fingerprint density at radius 1 is 1.23 bits per heavy atom. The highest BCUT2D eigenvalue weighted by Gasteiger charge is 2.35. The number of nitrogens with zero attached hydrogens (tertiary/aromatic N) is 4. The summed E-state index contributed by atoms with van der Waals surface area (Å²) in [5, 5.41) is 1.07. The van der Waals surface area contributed by atoms with Crippen LogP contribution in [0.5, 0.6) is 11.5 Å². The van der Waals surface area contributed by atoms with E-state index in [1.807, 2.05) is 0 Å². The van der Waals surface area contributed by atoms with Gasteiger partial charge in [-0.25, -0.2) is 19.8 Å². The fourth-order valence-corrected chi connectivity index (χ4v) is 6.45. The Morgan fingerprint density at radius 2 is 2.00 bits per heavy atom. The maximum Gasteiger partial charge on any atom is 0.338 e. The second-order valence-corrected chi connectivity index (χ2v) is 11.1. The van der Waals surface area contributed by atoms with Crippen molar-refractivity contribution in [3.63, 3.8) is 0 Å². The Morgan fingerprint density at radius 3 is 2.70 bits per heavy atom. The molecule has 4 aromatic rings. The highest BCUT2D eigenvalue weighted by molar-refractivity contribution is 9.10. The predicted octanol–water partition coefficient (Wildman–Crippen LogP) is 4.11. The first-order valence-electron chi connectivity index (χ1n) is 12.0. The van der Waals surface area contributed by atoms with Crippen molar-refractivity contribution in [2.45, 2.75) is 30.1 Å². The van der Waals surface area contributed by atoms with E-state index in [1.54, 1.807) is 69.8 Å². The number of carbonyl (C=O) groups is 1. The topological polar surface area (TPSA) is 118 Å². The summed E-state index contributed by atoms with van der Waals surface area (Å²) in [4.78, 5) is 40.5. The molecule has 0 fully saturated rings. The number of carbonyl (C=O) groups excluding carboxylic acids is 1. The van der Waals surface area contributed by atoms with Crippen LogP contribution < -0.4 is 24.4 Å². The molecule has 40 heavy (non-hydrogen) atoms. The second kappa shape index (κ2) is 11.8. The number of hydrogen-bond acceptors (Lipinski definition) is 11. The molecule has 0 saturated carbocycles. The summed E-state index contributed by atoms with van der Waals surface area (Å²) in [5.41, 5.74) is 0.965. The van der Waals surface area contributed by atoms with E-state index in [2.05, 4.69) is 30.9 Å². The largest absolute Gasteiger partial charge is 0.497 e. The van der Waals surface area contributed by atoms with Gasteiger partial charge in [0.15, 0.2) is 15.1 Å². The average Bonchev–Trinajstić information content (AvgIpc) is 3.45. The van der Waals surface area contributed by atoms with Crippen LogP contribution in [0.4, 0.5) is 0 Å². The van der Waals surface area contributed by atoms with E-state index >= 15 is 0 Å². The number of hydrogen-bond donors (Lipinski definition) is 0. The van der Waals surface area contributed by atoms with Gasteiger partial charge in [0.05, 0.1) is 41.1 Å². The summed E-state index contributed by atoms with van der Waals surface area (Å²) in [6.07, 6.45) is 4.94. The molecule has 13 heteroatoms. The Kier molecular flexibility index (Phi) is 8.24. The summed E-state index contributed by atoms with van der Waals surface area (Å²) < 4.78 is 24.9. The van der Waals surface area contributed by atoms with Crippen LogP contribution in [0.25, 0.3) is 6.08 Å². The van der Waals surface area contributed by atoms with Gasteiger partial charge in [-0.1, -0.05) is 11.3 Å². The Bertz CT molecular complexity index is 1800. The van der Waals surface area contributed by atoms with Crippen molar-refractivity contribution >= 4 is 51.1 Å².